The van der Waals surface area contributed by atoms with Gasteiger partial charge in [-0.2, -0.15) is 5.10 Å². The topological polar surface area (TPSA) is 64.2 Å². The van der Waals surface area contributed by atoms with Gasteiger partial charge in [0.1, 0.15) is 0 Å². The van der Waals surface area contributed by atoms with Crippen molar-refractivity contribution < 1.29 is 4.79 Å². The lowest BCUT2D eigenvalue weighted by Gasteiger charge is -2.32. The van der Waals surface area contributed by atoms with Gasteiger partial charge in [0.25, 0.3) is 0 Å². The number of hydrogen-bond acceptors (Lipinski definition) is 3. The summed E-state index contributed by atoms with van der Waals surface area (Å²) in [7, 11) is 1.89. The Hall–Kier alpha value is -1.36. The van der Waals surface area contributed by atoms with Crippen LogP contribution in [0.2, 0.25) is 0 Å². The maximum atomic E-state index is 12.2. The van der Waals surface area contributed by atoms with E-state index in [4.69, 9.17) is 5.73 Å². The van der Waals surface area contributed by atoms with Crippen LogP contribution in [0.4, 0.5) is 0 Å². The fourth-order valence-corrected chi connectivity index (χ4v) is 2.70. The summed E-state index contributed by atoms with van der Waals surface area (Å²) in [6.07, 6.45) is 7.14. The van der Waals surface area contributed by atoms with Crippen molar-refractivity contribution in [2.45, 2.75) is 44.7 Å². The monoisotopic (exact) mass is 250 g/mol. The third-order valence-electron chi connectivity index (χ3n) is 3.52. The molecular weight excluding hydrogens is 228 g/mol. The zero-order valence-electron chi connectivity index (χ0n) is 11.2. The summed E-state index contributed by atoms with van der Waals surface area (Å²) >= 11 is 0. The molecule has 2 heterocycles. The molecule has 1 saturated heterocycles. The molecule has 1 aliphatic rings. The van der Waals surface area contributed by atoms with Crippen LogP contribution in [0.3, 0.4) is 0 Å². The molecule has 0 radical (unpaired) electrons. The number of nitrogens with zero attached hydrogens (tertiary/aromatic N) is 3. The smallest absolute Gasteiger partial charge is 0.223 e. The molecule has 1 fully saturated rings. The van der Waals surface area contributed by atoms with Crippen molar-refractivity contribution in [3.63, 3.8) is 0 Å². The highest BCUT2D eigenvalue weighted by atomic mass is 16.2. The Morgan fingerprint density at radius 1 is 1.56 bits per heavy atom. The lowest BCUT2D eigenvalue weighted by Crippen LogP contribution is -2.42. The SMILES string of the molecule is CCCN1C(=O)CCCC(N)C1c1cnn(C)c1. The molecule has 1 aromatic rings. The molecule has 0 spiro atoms. The molecule has 0 saturated carbocycles. The van der Waals surface area contributed by atoms with Gasteiger partial charge in [0.05, 0.1) is 12.2 Å². The van der Waals surface area contributed by atoms with Gasteiger partial charge in [0.15, 0.2) is 0 Å². The van der Waals surface area contributed by atoms with Crippen LogP contribution in [0.1, 0.15) is 44.2 Å². The number of amides is 1. The van der Waals surface area contributed by atoms with Crippen molar-refractivity contribution in [3.05, 3.63) is 18.0 Å². The summed E-state index contributed by atoms with van der Waals surface area (Å²) in [4.78, 5) is 14.1. The number of hydrogen-bond donors (Lipinski definition) is 1. The molecule has 5 nitrogen and oxygen atoms in total. The van der Waals surface area contributed by atoms with Gasteiger partial charge in [-0.05, 0) is 19.3 Å². The zero-order valence-corrected chi connectivity index (χ0v) is 11.2. The average Bonchev–Trinajstić information content (AvgIpc) is 2.69. The van der Waals surface area contributed by atoms with Crippen molar-refractivity contribution in [1.29, 1.82) is 0 Å². The summed E-state index contributed by atoms with van der Waals surface area (Å²) in [6, 6.07) is -0.0131. The lowest BCUT2D eigenvalue weighted by atomic mass is 9.99. The summed E-state index contributed by atoms with van der Waals surface area (Å²) in [6.45, 7) is 2.86. The van der Waals surface area contributed by atoms with Crippen LogP contribution in [-0.4, -0.2) is 33.2 Å². The predicted octanol–water partition coefficient (Wildman–Crippen LogP) is 1.21. The molecule has 1 aliphatic heterocycles. The summed E-state index contributed by atoms with van der Waals surface area (Å²) in [5.41, 5.74) is 7.32. The van der Waals surface area contributed by atoms with Crippen LogP contribution in [0, 0.1) is 0 Å². The quantitative estimate of drug-likeness (QED) is 0.877. The van der Waals surface area contributed by atoms with Crippen LogP contribution in [0.25, 0.3) is 0 Å². The first-order chi connectivity index (χ1) is 8.63. The van der Waals surface area contributed by atoms with E-state index >= 15 is 0 Å². The van der Waals surface area contributed by atoms with Gasteiger partial charge in [-0.3, -0.25) is 9.48 Å². The maximum absolute atomic E-state index is 12.2. The number of carbonyl (C=O) groups is 1. The Morgan fingerprint density at radius 2 is 2.33 bits per heavy atom. The Balaban J connectivity index is 2.32. The van der Waals surface area contributed by atoms with E-state index in [-0.39, 0.29) is 18.0 Å². The van der Waals surface area contributed by atoms with Crippen molar-refractivity contribution in [2.24, 2.45) is 12.8 Å². The van der Waals surface area contributed by atoms with Gasteiger partial charge in [-0.1, -0.05) is 6.92 Å². The van der Waals surface area contributed by atoms with Crippen LogP contribution in [0.5, 0.6) is 0 Å². The molecule has 2 unspecified atom stereocenters. The highest BCUT2D eigenvalue weighted by molar-refractivity contribution is 5.77. The van der Waals surface area contributed by atoms with E-state index in [9.17, 15) is 4.79 Å². The number of likely N-dealkylation sites (tertiary alicyclic amines) is 1. The Morgan fingerprint density at radius 3 is 2.94 bits per heavy atom. The van der Waals surface area contributed by atoms with Crippen LogP contribution in [-0.2, 0) is 11.8 Å². The minimum atomic E-state index is -0.0198. The predicted molar refractivity (Wildman–Crippen MR) is 69.8 cm³/mol. The van der Waals surface area contributed by atoms with E-state index in [0.717, 1.165) is 31.4 Å². The summed E-state index contributed by atoms with van der Waals surface area (Å²) in [5.74, 6) is 0.221. The normalized spacial score (nSPS) is 25.3. The van der Waals surface area contributed by atoms with E-state index in [1.807, 2.05) is 24.3 Å². The fourth-order valence-electron chi connectivity index (χ4n) is 2.70. The Labute approximate surface area is 108 Å². The minimum absolute atomic E-state index is 0.00667. The second-order valence-corrected chi connectivity index (χ2v) is 5.04. The molecule has 2 N–H and O–H groups in total. The molecule has 100 valence electrons. The lowest BCUT2D eigenvalue weighted by molar-refractivity contribution is -0.133. The molecule has 0 bridgehead atoms. The minimum Gasteiger partial charge on any atom is -0.334 e. The maximum Gasteiger partial charge on any atom is 0.223 e. The van der Waals surface area contributed by atoms with Crippen molar-refractivity contribution >= 4 is 5.91 Å². The third-order valence-corrected chi connectivity index (χ3v) is 3.52. The Kier molecular flexibility index (Phi) is 4.01. The third kappa shape index (κ3) is 2.56. The number of aryl methyl sites for hydroxylation is 1. The number of aromatic nitrogens is 2. The molecule has 1 amide bonds. The van der Waals surface area contributed by atoms with E-state index in [1.165, 1.54) is 0 Å². The van der Waals surface area contributed by atoms with Gasteiger partial charge < -0.3 is 10.6 Å². The van der Waals surface area contributed by atoms with Crippen molar-refractivity contribution in [2.75, 3.05) is 6.54 Å². The van der Waals surface area contributed by atoms with E-state index in [0.29, 0.717) is 6.42 Å². The first-order valence-corrected chi connectivity index (χ1v) is 6.67. The molecule has 2 rings (SSSR count). The first kappa shape index (κ1) is 13.1. The van der Waals surface area contributed by atoms with E-state index in [1.54, 1.807) is 4.68 Å². The molecule has 18 heavy (non-hydrogen) atoms. The van der Waals surface area contributed by atoms with Gasteiger partial charge in [0.2, 0.25) is 5.91 Å². The van der Waals surface area contributed by atoms with Crippen molar-refractivity contribution in [3.8, 4) is 0 Å². The average molecular weight is 250 g/mol. The second kappa shape index (κ2) is 5.52. The zero-order chi connectivity index (χ0) is 13.1. The second-order valence-electron chi connectivity index (χ2n) is 5.04. The number of nitrogens with two attached hydrogens (primary N) is 1. The molecule has 5 heteroatoms. The number of carbonyl (C=O) groups excluding carboxylic acids is 1. The van der Waals surface area contributed by atoms with Gasteiger partial charge in [-0.25, -0.2) is 0 Å². The van der Waals surface area contributed by atoms with Crippen LogP contribution < -0.4 is 5.73 Å². The molecular formula is C13H22N4O. The highest BCUT2D eigenvalue weighted by Gasteiger charge is 2.32. The van der Waals surface area contributed by atoms with Gasteiger partial charge in [0, 0.05) is 37.8 Å². The molecule has 0 aliphatic carbocycles. The molecule has 1 aromatic heterocycles. The first-order valence-electron chi connectivity index (χ1n) is 6.67. The standard InChI is InChI=1S/C13H22N4O/c1-3-7-17-12(18)6-4-5-11(14)13(17)10-8-15-16(2)9-10/h8-9,11,13H,3-7,14H2,1-2H3. The van der Waals surface area contributed by atoms with Gasteiger partial charge >= 0.3 is 0 Å². The van der Waals surface area contributed by atoms with E-state index in [2.05, 4.69) is 12.0 Å². The van der Waals surface area contributed by atoms with Crippen molar-refractivity contribution in [1.82, 2.24) is 14.7 Å². The molecule has 2 atom stereocenters. The van der Waals surface area contributed by atoms with Gasteiger partial charge in [-0.15, -0.1) is 0 Å². The summed E-state index contributed by atoms with van der Waals surface area (Å²) < 4.78 is 1.77. The number of rotatable bonds is 3. The molecule has 0 aromatic carbocycles. The largest absolute Gasteiger partial charge is 0.334 e. The van der Waals surface area contributed by atoms with Crippen LogP contribution >= 0.6 is 0 Å². The fraction of sp³-hybridized carbons (Fsp3) is 0.692. The summed E-state index contributed by atoms with van der Waals surface area (Å²) in [5, 5.41) is 4.20. The Bertz CT molecular complexity index is 415. The highest BCUT2D eigenvalue weighted by Crippen LogP contribution is 2.29. The van der Waals surface area contributed by atoms with E-state index < -0.39 is 0 Å². The van der Waals surface area contributed by atoms with Crippen LogP contribution in [0.15, 0.2) is 12.4 Å².